The number of benzene rings is 3. The zero-order valence-electron chi connectivity index (χ0n) is 15.6. The largest absolute Gasteiger partial charge is 0.494 e. The lowest BCUT2D eigenvalue weighted by Gasteiger charge is -2.09. The SMILES string of the molecule is N#Cc1ccc(-c2ccc(-c3ccc(OCCCCCS)cc3)cc2F)cc1. The normalized spacial score (nSPS) is 10.5. The van der Waals surface area contributed by atoms with Crippen molar-refractivity contribution < 1.29 is 9.13 Å². The van der Waals surface area contributed by atoms with Crippen LogP contribution < -0.4 is 4.74 Å². The molecule has 4 heteroatoms. The topological polar surface area (TPSA) is 33.0 Å². The Kier molecular flexibility index (Phi) is 7.11. The molecule has 0 atom stereocenters. The molecule has 0 aromatic heterocycles. The monoisotopic (exact) mass is 391 g/mol. The van der Waals surface area contributed by atoms with Crippen LogP contribution in [-0.4, -0.2) is 12.4 Å². The minimum absolute atomic E-state index is 0.285. The van der Waals surface area contributed by atoms with E-state index in [1.165, 1.54) is 0 Å². The Balaban J connectivity index is 1.68. The van der Waals surface area contributed by atoms with Gasteiger partial charge in [0.2, 0.25) is 0 Å². The van der Waals surface area contributed by atoms with E-state index in [1.807, 2.05) is 30.3 Å². The van der Waals surface area contributed by atoms with Gasteiger partial charge in [0.1, 0.15) is 11.6 Å². The number of unbranched alkanes of at least 4 members (excludes halogenated alkanes) is 2. The highest BCUT2D eigenvalue weighted by molar-refractivity contribution is 7.80. The minimum Gasteiger partial charge on any atom is -0.494 e. The summed E-state index contributed by atoms with van der Waals surface area (Å²) in [6.45, 7) is 0.695. The van der Waals surface area contributed by atoms with Crippen LogP contribution in [0.1, 0.15) is 24.8 Å². The molecule has 3 aromatic carbocycles. The van der Waals surface area contributed by atoms with E-state index >= 15 is 0 Å². The molecular formula is C24H22FNOS. The molecule has 0 fully saturated rings. The number of hydrogen-bond acceptors (Lipinski definition) is 3. The lowest BCUT2D eigenvalue weighted by atomic mass is 9.99. The number of halogens is 1. The van der Waals surface area contributed by atoms with E-state index in [0.717, 1.165) is 47.5 Å². The molecule has 28 heavy (non-hydrogen) atoms. The minimum atomic E-state index is -0.285. The van der Waals surface area contributed by atoms with E-state index in [4.69, 9.17) is 10.00 Å². The molecule has 0 spiro atoms. The first kappa shape index (κ1) is 20.0. The molecule has 0 saturated heterocycles. The molecule has 0 heterocycles. The van der Waals surface area contributed by atoms with Crippen molar-refractivity contribution in [2.75, 3.05) is 12.4 Å². The fourth-order valence-corrected chi connectivity index (χ4v) is 3.20. The van der Waals surface area contributed by atoms with Crippen molar-refractivity contribution in [1.29, 1.82) is 5.26 Å². The van der Waals surface area contributed by atoms with E-state index in [9.17, 15) is 4.39 Å². The van der Waals surface area contributed by atoms with Gasteiger partial charge in [0.15, 0.2) is 0 Å². The lowest BCUT2D eigenvalue weighted by molar-refractivity contribution is 0.306. The highest BCUT2D eigenvalue weighted by Gasteiger charge is 2.08. The van der Waals surface area contributed by atoms with Gasteiger partial charge in [-0.25, -0.2) is 4.39 Å². The first-order valence-corrected chi connectivity index (χ1v) is 9.98. The summed E-state index contributed by atoms with van der Waals surface area (Å²) < 4.78 is 20.4. The molecule has 0 aliphatic heterocycles. The van der Waals surface area contributed by atoms with Crippen LogP contribution in [0.25, 0.3) is 22.3 Å². The zero-order chi connectivity index (χ0) is 19.8. The summed E-state index contributed by atoms with van der Waals surface area (Å²) in [5.41, 5.74) is 3.59. The Morgan fingerprint density at radius 3 is 2.14 bits per heavy atom. The van der Waals surface area contributed by atoms with Gasteiger partial charge in [-0.1, -0.05) is 36.4 Å². The van der Waals surface area contributed by atoms with E-state index in [1.54, 1.807) is 36.4 Å². The number of hydrogen-bond donors (Lipinski definition) is 1. The maximum absolute atomic E-state index is 14.7. The molecule has 2 nitrogen and oxygen atoms in total. The van der Waals surface area contributed by atoms with Crippen molar-refractivity contribution in [1.82, 2.24) is 0 Å². The highest BCUT2D eigenvalue weighted by Crippen LogP contribution is 2.29. The summed E-state index contributed by atoms with van der Waals surface area (Å²) in [7, 11) is 0. The van der Waals surface area contributed by atoms with Gasteiger partial charge in [0.05, 0.1) is 18.2 Å². The van der Waals surface area contributed by atoms with E-state index in [-0.39, 0.29) is 5.82 Å². The summed E-state index contributed by atoms with van der Waals surface area (Å²) in [6, 6.07) is 21.9. The molecule has 0 radical (unpaired) electrons. The third kappa shape index (κ3) is 5.15. The molecular weight excluding hydrogens is 369 g/mol. The number of nitrogens with zero attached hydrogens (tertiary/aromatic N) is 1. The van der Waals surface area contributed by atoms with Crippen molar-refractivity contribution in [2.24, 2.45) is 0 Å². The van der Waals surface area contributed by atoms with Crippen molar-refractivity contribution in [2.45, 2.75) is 19.3 Å². The van der Waals surface area contributed by atoms with Crippen LogP contribution in [0, 0.1) is 17.1 Å². The lowest BCUT2D eigenvalue weighted by Crippen LogP contribution is -1.97. The summed E-state index contributed by atoms with van der Waals surface area (Å²) in [5, 5.41) is 8.88. The molecule has 0 aliphatic carbocycles. The van der Waals surface area contributed by atoms with Crippen molar-refractivity contribution in [3.05, 3.63) is 78.1 Å². The summed E-state index contributed by atoms with van der Waals surface area (Å²) >= 11 is 4.20. The third-order valence-electron chi connectivity index (χ3n) is 4.55. The van der Waals surface area contributed by atoms with E-state index in [2.05, 4.69) is 18.7 Å². The Bertz CT molecular complexity index is 946. The van der Waals surface area contributed by atoms with Crippen LogP contribution >= 0.6 is 12.6 Å². The van der Waals surface area contributed by atoms with Crippen molar-refractivity contribution >= 4 is 12.6 Å². The number of rotatable bonds is 8. The second-order valence-corrected chi connectivity index (χ2v) is 6.99. The molecule has 3 rings (SSSR count). The maximum atomic E-state index is 14.7. The quantitative estimate of drug-likeness (QED) is 0.351. The van der Waals surface area contributed by atoms with Gasteiger partial charge in [-0.05, 0) is 72.0 Å². The first-order chi connectivity index (χ1) is 13.7. The molecule has 3 aromatic rings. The van der Waals surface area contributed by atoms with Gasteiger partial charge in [-0.15, -0.1) is 0 Å². The van der Waals surface area contributed by atoms with Gasteiger partial charge >= 0.3 is 0 Å². The predicted octanol–water partition coefficient (Wildman–Crippen LogP) is 6.51. The Morgan fingerprint density at radius 2 is 1.50 bits per heavy atom. The van der Waals surface area contributed by atoms with Crippen LogP contribution in [0.5, 0.6) is 5.75 Å². The fraction of sp³-hybridized carbons (Fsp3) is 0.208. The molecule has 0 aliphatic rings. The van der Waals surface area contributed by atoms with Crippen molar-refractivity contribution in [3.8, 4) is 34.1 Å². The van der Waals surface area contributed by atoms with Gasteiger partial charge < -0.3 is 4.74 Å². The smallest absolute Gasteiger partial charge is 0.131 e. The zero-order valence-corrected chi connectivity index (χ0v) is 16.5. The molecule has 0 N–H and O–H groups in total. The molecule has 0 bridgehead atoms. The average Bonchev–Trinajstić information content (AvgIpc) is 2.74. The first-order valence-electron chi connectivity index (χ1n) is 9.35. The van der Waals surface area contributed by atoms with E-state index in [0.29, 0.717) is 17.7 Å². The van der Waals surface area contributed by atoms with E-state index < -0.39 is 0 Å². The van der Waals surface area contributed by atoms with Crippen LogP contribution in [0.15, 0.2) is 66.7 Å². The van der Waals surface area contributed by atoms with Crippen LogP contribution in [0.2, 0.25) is 0 Å². The average molecular weight is 392 g/mol. The standard InChI is InChI=1S/C24H22FNOS/c25-24-16-21(10-13-23(24)20-6-4-18(17-26)5-7-20)19-8-11-22(12-9-19)27-14-2-1-3-15-28/h4-13,16,28H,1-3,14-15H2. The summed E-state index contributed by atoms with van der Waals surface area (Å²) in [4.78, 5) is 0. The second kappa shape index (κ2) is 9.96. The van der Waals surface area contributed by atoms with Gasteiger partial charge in [0, 0.05) is 5.56 Å². The summed E-state index contributed by atoms with van der Waals surface area (Å²) in [6.07, 6.45) is 3.24. The van der Waals surface area contributed by atoms with Crippen molar-refractivity contribution in [3.63, 3.8) is 0 Å². The Morgan fingerprint density at radius 1 is 0.821 bits per heavy atom. The highest BCUT2D eigenvalue weighted by atomic mass is 32.1. The predicted molar refractivity (Wildman–Crippen MR) is 115 cm³/mol. The molecule has 0 unspecified atom stereocenters. The summed E-state index contributed by atoms with van der Waals surface area (Å²) in [5.74, 6) is 1.45. The molecule has 0 amide bonds. The van der Waals surface area contributed by atoms with Gasteiger partial charge in [0.25, 0.3) is 0 Å². The van der Waals surface area contributed by atoms with Crippen LogP contribution in [-0.2, 0) is 0 Å². The van der Waals surface area contributed by atoms with Gasteiger partial charge in [-0.2, -0.15) is 17.9 Å². The fourth-order valence-electron chi connectivity index (χ4n) is 2.98. The maximum Gasteiger partial charge on any atom is 0.131 e. The molecule has 142 valence electrons. The third-order valence-corrected chi connectivity index (χ3v) is 4.87. The van der Waals surface area contributed by atoms with Crippen LogP contribution in [0.4, 0.5) is 4.39 Å². The van der Waals surface area contributed by atoms with Gasteiger partial charge in [-0.3, -0.25) is 0 Å². The number of thiol groups is 1. The Hall–Kier alpha value is -2.77. The number of ether oxygens (including phenoxy) is 1. The number of nitriles is 1. The molecule has 0 saturated carbocycles. The second-order valence-electron chi connectivity index (χ2n) is 6.54. The van der Waals surface area contributed by atoms with Crippen LogP contribution in [0.3, 0.4) is 0 Å². The Labute approximate surface area is 171 Å².